The molecule has 3 atom stereocenters. The Hall–Kier alpha value is -0.540. The SMILES string of the molecule is CN=C(NCCSc1ccccc1F)NC1CC2CCC1O2.I. The van der Waals surface area contributed by atoms with Crippen LogP contribution in [0.15, 0.2) is 34.2 Å². The van der Waals surface area contributed by atoms with Crippen molar-refractivity contribution in [1.29, 1.82) is 0 Å². The Morgan fingerprint density at radius 3 is 2.87 bits per heavy atom. The van der Waals surface area contributed by atoms with Gasteiger partial charge < -0.3 is 15.4 Å². The molecule has 2 aliphatic heterocycles. The first kappa shape index (κ1) is 18.8. The van der Waals surface area contributed by atoms with Gasteiger partial charge in [-0.1, -0.05) is 12.1 Å². The molecule has 3 unspecified atom stereocenters. The molecular weight excluding hydrogens is 428 g/mol. The summed E-state index contributed by atoms with van der Waals surface area (Å²) in [4.78, 5) is 4.94. The van der Waals surface area contributed by atoms with Gasteiger partial charge in [-0.3, -0.25) is 4.99 Å². The number of aliphatic imine (C=N–C) groups is 1. The summed E-state index contributed by atoms with van der Waals surface area (Å²) in [5, 5.41) is 6.72. The maximum Gasteiger partial charge on any atom is 0.191 e. The highest BCUT2D eigenvalue weighted by atomic mass is 127. The van der Waals surface area contributed by atoms with Crippen molar-refractivity contribution in [3.8, 4) is 0 Å². The molecule has 3 rings (SSSR count). The predicted octanol–water partition coefficient (Wildman–Crippen LogP) is 3.02. The molecule has 4 nitrogen and oxygen atoms in total. The van der Waals surface area contributed by atoms with E-state index in [0.717, 1.165) is 31.1 Å². The highest BCUT2D eigenvalue weighted by molar-refractivity contribution is 14.0. The molecule has 2 fully saturated rings. The fourth-order valence-corrected chi connectivity index (χ4v) is 3.86. The second-order valence-corrected chi connectivity index (χ2v) is 6.78. The Balaban J connectivity index is 0.00000192. The van der Waals surface area contributed by atoms with Crippen LogP contribution in [0, 0.1) is 5.82 Å². The zero-order chi connectivity index (χ0) is 15.4. The zero-order valence-electron chi connectivity index (χ0n) is 13.1. The molecule has 0 saturated carbocycles. The molecule has 0 spiro atoms. The third kappa shape index (κ3) is 4.96. The van der Waals surface area contributed by atoms with Crippen molar-refractivity contribution >= 4 is 41.7 Å². The van der Waals surface area contributed by atoms with E-state index in [2.05, 4.69) is 15.6 Å². The second kappa shape index (κ2) is 9.08. The van der Waals surface area contributed by atoms with E-state index in [1.807, 2.05) is 6.07 Å². The quantitative estimate of drug-likeness (QED) is 0.238. The molecule has 2 heterocycles. The van der Waals surface area contributed by atoms with Crippen LogP contribution in [-0.4, -0.2) is 43.6 Å². The van der Waals surface area contributed by atoms with Crippen molar-refractivity contribution in [1.82, 2.24) is 10.6 Å². The predicted molar refractivity (Wildman–Crippen MR) is 103 cm³/mol. The van der Waals surface area contributed by atoms with Gasteiger partial charge in [-0.25, -0.2) is 4.39 Å². The number of guanidine groups is 1. The van der Waals surface area contributed by atoms with Crippen molar-refractivity contribution in [2.75, 3.05) is 19.3 Å². The average molecular weight is 451 g/mol. The average Bonchev–Trinajstić information content (AvgIpc) is 3.14. The second-order valence-electron chi connectivity index (χ2n) is 5.64. The lowest BCUT2D eigenvalue weighted by molar-refractivity contribution is 0.0992. The van der Waals surface area contributed by atoms with E-state index in [1.165, 1.54) is 24.2 Å². The zero-order valence-corrected chi connectivity index (χ0v) is 16.3. The fourth-order valence-electron chi connectivity index (χ4n) is 3.05. The minimum atomic E-state index is -0.158. The summed E-state index contributed by atoms with van der Waals surface area (Å²) in [5.74, 6) is 1.43. The Bertz CT molecular complexity index is 546. The van der Waals surface area contributed by atoms with Gasteiger partial charge in [0.2, 0.25) is 0 Å². The molecule has 128 valence electrons. The Morgan fingerprint density at radius 2 is 2.22 bits per heavy atom. The van der Waals surface area contributed by atoms with E-state index in [1.54, 1.807) is 19.2 Å². The van der Waals surface area contributed by atoms with Crippen LogP contribution in [0.5, 0.6) is 0 Å². The smallest absolute Gasteiger partial charge is 0.191 e. The van der Waals surface area contributed by atoms with Crippen LogP contribution in [0.1, 0.15) is 19.3 Å². The first-order valence-electron chi connectivity index (χ1n) is 7.76. The van der Waals surface area contributed by atoms with Crippen molar-refractivity contribution in [2.24, 2.45) is 4.99 Å². The van der Waals surface area contributed by atoms with Crippen LogP contribution in [0.2, 0.25) is 0 Å². The normalized spacial score (nSPS) is 26.0. The van der Waals surface area contributed by atoms with Crippen molar-refractivity contribution < 1.29 is 9.13 Å². The first-order valence-corrected chi connectivity index (χ1v) is 8.75. The van der Waals surface area contributed by atoms with Gasteiger partial charge in [-0.05, 0) is 31.4 Å². The molecule has 0 amide bonds. The van der Waals surface area contributed by atoms with E-state index < -0.39 is 0 Å². The molecule has 0 aliphatic carbocycles. The first-order chi connectivity index (χ1) is 10.8. The summed E-state index contributed by atoms with van der Waals surface area (Å²) >= 11 is 1.51. The van der Waals surface area contributed by atoms with E-state index >= 15 is 0 Å². The van der Waals surface area contributed by atoms with Gasteiger partial charge in [-0.15, -0.1) is 35.7 Å². The largest absolute Gasteiger partial charge is 0.373 e. The van der Waals surface area contributed by atoms with Crippen LogP contribution < -0.4 is 10.6 Å². The molecule has 0 radical (unpaired) electrons. The minimum Gasteiger partial charge on any atom is -0.373 e. The molecule has 2 aliphatic rings. The lowest BCUT2D eigenvalue weighted by Gasteiger charge is -2.22. The number of rotatable bonds is 5. The third-order valence-electron chi connectivity index (χ3n) is 4.14. The minimum absolute atomic E-state index is 0. The van der Waals surface area contributed by atoms with Gasteiger partial charge in [-0.2, -0.15) is 0 Å². The number of ether oxygens (including phenoxy) is 1. The van der Waals surface area contributed by atoms with Crippen molar-refractivity contribution in [3.05, 3.63) is 30.1 Å². The number of hydrogen-bond acceptors (Lipinski definition) is 3. The van der Waals surface area contributed by atoms with Gasteiger partial charge in [0.1, 0.15) is 5.82 Å². The van der Waals surface area contributed by atoms with Crippen LogP contribution in [-0.2, 0) is 4.74 Å². The number of hydrogen-bond donors (Lipinski definition) is 2. The Kier molecular flexibility index (Phi) is 7.42. The van der Waals surface area contributed by atoms with Gasteiger partial charge in [0.15, 0.2) is 5.96 Å². The number of halogens is 2. The van der Waals surface area contributed by atoms with Gasteiger partial charge >= 0.3 is 0 Å². The molecule has 2 saturated heterocycles. The van der Waals surface area contributed by atoms with E-state index in [4.69, 9.17) is 4.74 Å². The highest BCUT2D eigenvalue weighted by Crippen LogP contribution is 2.34. The summed E-state index contributed by atoms with van der Waals surface area (Å²) in [5.41, 5.74) is 0. The molecule has 0 aromatic heterocycles. The molecule has 1 aromatic carbocycles. The van der Waals surface area contributed by atoms with Crippen molar-refractivity contribution in [2.45, 2.75) is 42.4 Å². The monoisotopic (exact) mass is 451 g/mol. The van der Waals surface area contributed by atoms with Crippen LogP contribution in [0.25, 0.3) is 0 Å². The lowest BCUT2D eigenvalue weighted by atomic mass is 9.96. The molecule has 2 bridgehead atoms. The molecule has 2 N–H and O–H groups in total. The summed E-state index contributed by atoms with van der Waals surface area (Å²) in [6.07, 6.45) is 4.15. The van der Waals surface area contributed by atoms with Gasteiger partial charge in [0.25, 0.3) is 0 Å². The highest BCUT2D eigenvalue weighted by Gasteiger charge is 2.41. The summed E-state index contributed by atoms with van der Waals surface area (Å²) in [6, 6.07) is 7.23. The van der Waals surface area contributed by atoms with Crippen LogP contribution in [0.3, 0.4) is 0 Å². The topological polar surface area (TPSA) is 45.7 Å². The number of thioether (sulfide) groups is 1. The summed E-state index contributed by atoms with van der Waals surface area (Å²) < 4.78 is 19.3. The third-order valence-corrected chi connectivity index (χ3v) is 5.19. The fraction of sp³-hybridized carbons (Fsp3) is 0.562. The summed E-state index contributed by atoms with van der Waals surface area (Å²) in [6.45, 7) is 0.736. The number of nitrogens with zero attached hydrogens (tertiary/aromatic N) is 1. The Labute approximate surface area is 158 Å². The van der Waals surface area contributed by atoms with Crippen LogP contribution >= 0.6 is 35.7 Å². The Morgan fingerprint density at radius 1 is 1.39 bits per heavy atom. The molecule has 1 aromatic rings. The lowest BCUT2D eigenvalue weighted by Crippen LogP contribution is -2.47. The van der Waals surface area contributed by atoms with E-state index in [0.29, 0.717) is 23.1 Å². The molecule has 23 heavy (non-hydrogen) atoms. The standard InChI is InChI=1S/C16H22FN3OS.HI/c1-18-16(20-13-10-11-6-7-14(13)21-11)19-8-9-22-15-5-3-2-4-12(15)17;/h2-5,11,13-14H,6-10H2,1H3,(H2,18,19,20);1H. The van der Waals surface area contributed by atoms with E-state index in [9.17, 15) is 4.39 Å². The van der Waals surface area contributed by atoms with Crippen molar-refractivity contribution in [3.63, 3.8) is 0 Å². The number of nitrogens with one attached hydrogen (secondary N) is 2. The van der Waals surface area contributed by atoms with Gasteiger partial charge in [0, 0.05) is 24.2 Å². The molecule has 7 heteroatoms. The maximum atomic E-state index is 13.5. The maximum absolute atomic E-state index is 13.5. The number of benzene rings is 1. The van der Waals surface area contributed by atoms with Crippen LogP contribution in [0.4, 0.5) is 4.39 Å². The van der Waals surface area contributed by atoms with E-state index in [-0.39, 0.29) is 29.8 Å². The van der Waals surface area contributed by atoms with Gasteiger partial charge in [0.05, 0.1) is 18.2 Å². The summed E-state index contributed by atoms with van der Waals surface area (Å²) in [7, 11) is 1.77. The molecular formula is C16H23FIN3OS. The number of fused-ring (bicyclic) bond motifs is 2.